The molecule has 1 fully saturated rings. The zero-order chi connectivity index (χ0) is 17.8. The van der Waals surface area contributed by atoms with Crippen molar-refractivity contribution in [3.63, 3.8) is 0 Å². The van der Waals surface area contributed by atoms with E-state index < -0.39 is 5.95 Å². The zero-order valence-electron chi connectivity index (χ0n) is 14.0. The molecule has 0 N–H and O–H groups in total. The van der Waals surface area contributed by atoms with Crippen LogP contribution in [0.15, 0.2) is 47.5 Å². The minimum absolute atomic E-state index is 0.0351. The smallest absolute Gasteiger partial charge is 0.329 e. The average Bonchev–Trinajstić information content (AvgIpc) is 2.86. The molecule has 0 saturated carbocycles. The number of aromatic nitrogens is 4. The van der Waals surface area contributed by atoms with E-state index in [2.05, 4.69) is 9.97 Å². The number of benzene rings is 1. The van der Waals surface area contributed by atoms with Crippen LogP contribution in [0.3, 0.4) is 0 Å². The molecule has 1 saturated heterocycles. The molecule has 130 valence electrons. The van der Waals surface area contributed by atoms with Gasteiger partial charge in [-0.3, -0.25) is 14.1 Å². The Kier molecular flexibility index (Phi) is 3.20. The number of ether oxygens (including phenoxy) is 1. The second-order valence-corrected chi connectivity index (χ2v) is 6.50. The van der Waals surface area contributed by atoms with Crippen LogP contribution in [0.5, 0.6) is 0 Å². The second kappa shape index (κ2) is 5.47. The van der Waals surface area contributed by atoms with Gasteiger partial charge in [0, 0.05) is 24.2 Å². The summed E-state index contributed by atoms with van der Waals surface area (Å²) in [5.74, 6) is -0.513. The van der Waals surface area contributed by atoms with Crippen molar-refractivity contribution in [2.45, 2.75) is 6.04 Å². The summed E-state index contributed by atoms with van der Waals surface area (Å²) < 4.78 is 21.8. The zero-order valence-corrected chi connectivity index (χ0v) is 14.0. The number of hydrogen-bond donors (Lipinski definition) is 0. The quantitative estimate of drug-likeness (QED) is 0.522. The lowest BCUT2D eigenvalue weighted by atomic mass is 10.0. The van der Waals surface area contributed by atoms with E-state index in [1.54, 1.807) is 28.4 Å². The SMILES string of the molecule is Cn1c(=O)n(C2COC2)c2c3cc(-c4ccc(F)nc4)ccc3ncc21. The fraction of sp³-hybridized carbons (Fsp3) is 0.211. The highest BCUT2D eigenvalue weighted by atomic mass is 19.1. The maximum atomic E-state index is 13.1. The van der Waals surface area contributed by atoms with E-state index in [9.17, 15) is 9.18 Å². The maximum absolute atomic E-state index is 13.1. The van der Waals surface area contributed by atoms with Crippen LogP contribution in [0.2, 0.25) is 0 Å². The van der Waals surface area contributed by atoms with Gasteiger partial charge in [0.2, 0.25) is 5.95 Å². The van der Waals surface area contributed by atoms with Crippen LogP contribution in [0.25, 0.3) is 33.1 Å². The fourth-order valence-corrected chi connectivity index (χ4v) is 3.46. The molecular weight excluding hydrogens is 335 g/mol. The van der Waals surface area contributed by atoms with Crippen molar-refractivity contribution in [3.05, 3.63) is 59.2 Å². The summed E-state index contributed by atoms with van der Waals surface area (Å²) in [5.41, 5.74) is 4.07. The standard InChI is InChI=1S/C19H15FN4O2/c1-23-16-8-21-15-4-2-11(12-3-5-17(20)22-7-12)6-14(15)18(16)24(19(23)25)13-9-26-10-13/h2-8,13H,9-10H2,1H3. The van der Waals surface area contributed by atoms with Gasteiger partial charge in [-0.2, -0.15) is 4.39 Å². The molecule has 6 nitrogen and oxygen atoms in total. The fourth-order valence-electron chi connectivity index (χ4n) is 3.46. The molecule has 3 aromatic heterocycles. The van der Waals surface area contributed by atoms with Crippen molar-refractivity contribution < 1.29 is 9.13 Å². The Labute approximate surface area is 147 Å². The monoisotopic (exact) mass is 350 g/mol. The third-order valence-corrected chi connectivity index (χ3v) is 4.96. The van der Waals surface area contributed by atoms with Gasteiger partial charge in [-0.05, 0) is 29.8 Å². The van der Waals surface area contributed by atoms with Crippen molar-refractivity contribution in [2.75, 3.05) is 13.2 Å². The summed E-state index contributed by atoms with van der Waals surface area (Å²) >= 11 is 0. The van der Waals surface area contributed by atoms with Crippen molar-refractivity contribution in [3.8, 4) is 11.1 Å². The highest BCUT2D eigenvalue weighted by molar-refractivity contribution is 6.04. The highest BCUT2D eigenvalue weighted by Crippen LogP contribution is 2.30. The summed E-state index contributed by atoms with van der Waals surface area (Å²) in [6.07, 6.45) is 3.23. The van der Waals surface area contributed by atoms with Gasteiger partial charge in [0.1, 0.15) is 0 Å². The van der Waals surface area contributed by atoms with E-state index in [0.717, 1.165) is 33.1 Å². The molecule has 0 amide bonds. The minimum Gasteiger partial charge on any atom is -0.377 e. The first-order chi connectivity index (χ1) is 12.6. The first-order valence-corrected chi connectivity index (χ1v) is 8.33. The van der Waals surface area contributed by atoms with Crippen molar-refractivity contribution >= 4 is 21.9 Å². The Morgan fingerprint density at radius 1 is 1.12 bits per heavy atom. The van der Waals surface area contributed by atoms with E-state index in [1.165, 1.54) is 12.3 Å². The third kappa shape index (κ3) is 2.10. The van der Waals surface area contributed by atoms with Gasteiger partial charge in [-0.25, -0.2) is 9.78 Å². The van der Waals surface area contributed by atoms with Gasteiger partial charge in [-0.15, -0.1) is 0 Å². The maximum Gasteiger partial charge on any atom is 0.329 e. The summed E-state index contributed by atoms with van der Waals surface area (Å²) in [6, 6.07) is 8.88. The predicted octanol–water partition coefficient (Wildman–Crippen LogP) is 2.66. The van der Waals surface area contributed by atoms with E-state index in [4.69, 9.17) is 4.74 Å². The molecule has 0 unspecified atom stereocenters. The van der Waals surface area contributed by atoms with E-state index in [1.807, 2.05) is 18.2 Å². The molecule has 0 bridgehead atoms. The summed E-state index contributed by atoms with van der Waals surface area (Å²) in [7, 11) is 1.75. The van der Waals surface area contributed by atoms with Crippen molar-refractivity contribution in [2.24, 2.45) is 7.05 Å². The Balaban J connectivity index is 1.83. The number of pyridine rings is 2. The van der Waals surface area contributed by atoms with Crippen LogP contribution in [-0.2, 0) is 11.8 Å². The van der Waals surface area contributed by atoms with Crippen LogP contribution < -0.4 is 5.69 Å². The molecule has 0 aliphatic carbocycles. The van der Waals surface area contributed by atoms with Crippen LogP contribution in [0.4, 0.5) is 4.39 Å². The van der Waals surface area contributed by atoms with E-state index >= 15 is 0 Å². The van der Waals surface area contributed by atoms with Gasteiger partial charge in [-0.1, -0.05) is 6.07 Å². The number of rotatable bonds is 2. The van der Waals surface area contributed by atoms with Gasteiger partial charge in [0.15, 0.2) is 0 Å². The van der Waals surface area contributed by atoms with Crippen LogP contribution in [0.1, 0.15) is 6.04 Å². The lowest BCUT2D eigenvalue weighted by molar-refractivity contribution is -0.0230. The molecule has 0 spiro atoms. The molecule has 26 heavy (non-hydrogen) atoms. The van der Waals surface area contributed by atoms with Crippen molar-refractivity contribution in [1.29, 1.82) is 0 Å². The van der Waals surface area contributed by atoms with Crippen LogP contribution in [0, 0.1) is 5.95 Å². The molecule has 1 aliphatic heterocycles. The number of hydrogen-bond acceptors (Lipinski definition) is 4. The molecule has 0 atom stereocenters. The van der Waals surface area contributed by atoms with Gasteiger partial charge >= 0.3 is 5.69 Å². The Morgan fingerprint density at radius 2 is 1.92 bits per heavy atom. The second-order valence-electron chi connectivity index (χ2n) is 6.50. The third-order valence-electron chi connectivity index (χ3n) is 4.96. The summed E-state index contributed by atoms with van der Waals surface area (Å²) in [4.78, 5) is 21.0. The van der Waals surface area contributed by atoms with Crippen molar-refractivity contribution in [1.82, 2.24) is 19.1 Å². The molecule has 1 aliphatic rings. The molecule has 7 heteroatoms. The number of halogens is 1. The molecule has 1 aromatic carbocycles. The average molecular weight is 350 g/mol. The first kappa shape index (κ1) is 15.2. The normalized spacial score (nSPS) is 14.8. The number of imidazole rings is 1. The van der Waals surface area contributed by atoms with Crippen LogP contribution in [-0.4, -0.2) is 32.3 Å². The lowest BCUT2D eigenvalue weighted by Gasteiger charge is -2.27. The number of aryl methyl sites for hydroxylation is 1. The lowest BCUT2D eigenvalue weighted by Crippen LogP contribution is -2.37. The first-order valence-electron chi connectivity index (χ1n) is 8.33. The van der Waals surface area contributed by atoms with Gasteiger partial charge < -0.3 is 4.74 Å². The van der Waals surface area contributed by atoms with Crippen LogP contribution >= 0.6 is 0 Å². The topological polar surface area (TPSA) is 61.9 Å². The summed E-state index contributed by atoms with van der Waals surface area (Å²) in [6.45, 7) is 1.06. The molecule has 5 rings (SSSR count). The van der Waals surface area contributed by atoms with Gasteiger partial charge in [0.05, 0.1) is 42.0 Å². The summed E-state index contributed by atoms with van der Waals surface area (Å²) in [5, 5.41) is 0.883. The highest BCUT2D eigenvalue weighted by Gasteiger charge is 2.27. The Hall–Kier alpha value is -3.06. The molecular formula is C19H15FN4O2. The van der Waals surface area contributed by atoms with E-state index in [-0.39, 0.29) is 11.7 Å². The molecule has 4 heterocycles. The largest absolute Gasteiger partial charge is 0.377 e. The number of nitrogens with zero attached hydrogens (tertiary/aromatic N) is 4. The Morgan fingerprint density at radius 3 is 2.62 bits per heavy atom. The molecule has 4 aromatic rings. The van der Waals surface area contributed by atoms with Gasteiger partial charge in [0.25, 0.3) is 0 Å². The van der Waals surface area contributed by atoms with E-state index in [0.29, 0.717) is 13.2 Å². The Bertz CT molecular complexity index is 1210. The number of fused-ring (bicyclic) bond motifs is 3. The predicted molar refractivity (Wildman–Crippen MR) is 95.5 cm³/mol. The molecule has 0 radical (unpaired) electrons. The minimum atomic E-state index is -0.513.